The summed E-state index contributed by atoms with van der Waals surface area (Å²) in [5.41, 5.74) is 3.81. The summed E-state index contributed by atoms with van der Waals surface area (Å²) in [5, 5.41) is 15.7. The van der Waals surface area contributed by atoms with E-state index in [1.807, 2.05) is 31.2 Å². The van der Waals surface area contributed by atoms with Crippen LogP contribution in [0, 0.1) is 13.8 Å². The number of aromatic amines is 1. The van der Waals surface area contributed by atoms with Gasteiger partial charge in [0.1, 0.15) is 12.3 Å². The molecule has 9 heteroatoms. The van der Waals surface area contributed by atoms with E-state index in [-0.39, 0.29) is 11.6 Å². The van der Waals surface area contributed by atoms with Gasteiger partial charge in [0.05, 0.1) is 12.3 Å². The van der Waals surface area contributed by atoms with Crippen LogP contribution in [0.4, 0.5) is 0 Å². The minimum Gasteiger partial charge on any atom is -0.467 e. The SMILES string of the molecule is CC[C@@H](c1nnnn1Cc1ccco1)N(Cc1cccs1)Cc1cc2c(C)cc(C)cc2[nH]c1=O. The maximum absolute atomic E-state index is 13.1. The minimum atomic E-state index is -0.0868. The molecule has 0 fully saturated rings. The van der Waals surface area contributed by atoms with Gasteiger partial charge in [-0.25, -0.2) is 4.68 Å². The summed E-state index contributed by atoms with van der Waals surface area (Å²) in [7, 11) is 0. The van der Waals surface area contributed by atoms with Gasteiger partial charge in [-0.1, -0.05) is 19.1 Å². The van der Waals surface area contributed by atoms with Crippen LogP contribution in [-0.4, -0.2) is 30.1 Å². The molecular formula is C26H28N6O2S. The first kappa shape index (κ1) is 23.2. The fraction of sp³-hybridized carbons (Fsp3) is 0.308. The Morgan fingerprint density at radius 2 is 2.06 bits per heavy atom. The summed E-state index contributed by atoms with van der Waals surface area (Å²) in [5.74, 6) is 1.54. The summed E-state index contributed by atoms with van der Waals surface area (Å²) < 4.78 is 7.30. The molecule has 0 aliphatic carbocycles. The van der Waals surface area contributed by atoms with E-state index in [0.29, 0.717) is 19.6 Å². The lowest BCUT2D eigenvalue weighted by molar-refractivity contribution is 0.162. The molecule has 5 aromatic rings. The number of furan rings is 1. The van der Waals surface area contributed by atoms with Crippen molar-refractivity contribution in [2.45, 2.75) is 52.9 Å². The lowest BCUT2D eigenvalue weighted by Crippen LogP contribution is -2.32. The van der Waals surface area contributed by atoms with Crippen molar-refractivity contribution in [1.29, 1.82) is 0 Å². The number of fused-ring (bicyclic) bond motifs is 1. The number of aromatic nitrogens is 5. The van der Waals surface area contributed by atoms with E-state index in [1.54, 1.807) is 22.3 Å². The van der Waals surface area contributed by atoms with Crippen LogP contribution in [-0.2, 0) is 19.6 Å². The number of aryl methyl sites for hydroxylation is 2. The molecule has 0 saturated carbocycles. The zero-order valence-corrected chi connectivity index (χ0v) is 20.9. The molecule has 0 saturated heterocycles. The molecule has 35 heavy (non-hydrogen) atoms. The second kappa shape index (κ2) is 9.97. The van der Waals surface area contributed by atoms with Crippen LogP contribution in [0.3, 0.4) is 0 Å². The second-order valence-electron chi connectivity index (χ2n) is 8.85. The molecule has 5 rings (SSSR count). The molecule has 180 valence electrons. The van der Waals surface area contributed by atoms with Crippen LogP contribution in [0.1, 0.15) is 52.5 Å². The standard InChI is InChI=1S/C26H28N6O2S/c1-4-24(25-28-29-30-32(25)15-20-7-5-9-34-20)31(16-21-8-6-10-35-21)14-19-13-22-18(3)11-17(2)12-23(22)27-26(19)33/h5-13,24H,4,14-16H2,1-3H3,(H,27,33)/t24-/m0/s1. The highest BCUT2D eigenvalue weighted by Crippen LogP contribution is 2.28. The third-order valence-electron chi connectivity index (χ3n) is 6.27. The molecule has 0 amide bonds. The number of pyridine rings is 1. The van der Waals surface area contributed by atoms with Crippen molar-refractivity contribution in [3.63, 3.8) is 0 Å². The molecule has 1 aromatic carbocycles. The topological polar surface area (TPSA) is 92.8 Å². The summed E-state index contributed by atoms with van der Waals surface area (Å²) in [6.07, 6.45) is 2.43. The maximum atomic E-state index is 13.1. The molecule has 0 radical (unpaired) electrons. The van der Waals surface area contributed by atoms with Gasteiger partial charge < -0.3 is 9.40 Å². The van der Waals surface area contributed by atoms with Crippen molar-refractivity contribution in [1.82, 2.24) is 30.1 Å². The number of nitrogens with zero attached hydrogens (tertiary/aromatic N) is 5. The highest BCUT2D eigenvalue weighted by molar-refractivity contribution is 7.09. The summed E-state index contributed by atoms with van der Waals surface area (Å²) in [4.78, 5) is 19.7. The number of hydrogen-bond donors (Lipinski definition) is 1. The van der Waals surface area contributed by atoms with Gasteiger partial charge in [-0.15, -0.1) is 16.4 Å². The average Bonchev–Trinajstić information content (AvgIpc) is 3.60. The normalized spacial score (nSPS) is 12.6. The molecule has 4 aromatic heterocycles. The average molecular weight is 489 g/mol. The molecule has 4 heterocycles. The molecule has 0 bridgehead atoms. The van der Waals surface area contributed by atoms with E-state index < -0.39 is 0 Å². The Morgan fingerprint density at radius 3 is 2.80 bits per heavy atom. The second-order valence-corrected chi connectivity index (χ2v) is 9.88. The van der Waals surface area contributed by atoms with E-state index in [1.165, 1.54) is 4.88 Å². The van der Waals surface area contributed by atoms with E-state index in [9.17, 15) is 4.79 Å². The van der Waals surface area contributed by atoms with Crippen LogP contribution < -0.4 is 5.56 Å². The maximum Gasteiger partial charge on any atom is 0.252 e. The van der Waals surface area contributed by atoms with Gasteiger partial charge in [-0.05, 0) is 77.5 Å². The van der Waals surface area contributed by atoms with Gasteiger partial charge in [0, 0.05) is 34.4 Å². The smallest absolute Gasteiger partial charge is 0.252 e. The number of H-pyrrole nitrogens is 1. The van der Waals surface area contributed by atoms with Crippen LogP contribution in [0.15, 0.2) is 63.3 Å². The first-order valence-corrected chi connectivity index (χ1v) is 12.6. The predicted octanol–water partition coefficient (Wildman–Crippen LogP) is 4.99. The fourth-order valence-electron chi connectivity index (χ4n) is 4.65. The molecule has 0 unspecified atom stereocenters. The van der Waals surface area contributed by atoms with Crippen LogP contribution >= 0.6 is 11.3 Å². The Bertz CT molecular complexity index is 1470. The van der Waals surface area contributed by atoms with Crippen molar-refractivity contribution in [2.24, 2.45) is 0 Å². The van der Waals surface area contributed by atoms with Gasteiger partial charge in [-0.2, -0.15) is 0 Å². The summed E-state index contributed by atoms with van der Waals surface area (Å²) in [6, 6.07) is 14.0. The number of nitrogens with one attached hydrogen (secondary N) is 1. The first-order chi connectivity index (χ1) is 17.0. The molecule has 0 aliphatic heterocycles. The number of hydrogen-bond acceptors (Lipinski definition) is 7. The van der Waals surface area contributed by atoms with E-state index >= 15 is 0 Å². The summed E-state index contributed by atoms with van der Waals surface area (Å²) >= 11 is 1.70. The van der Waals surface area contributed by atoms with E-state index in [4.69, 9.17) is 4.42 Å². The third kappa shape index (κ3) is 4.96. The molecular weight excluding hydrogens is 460 g/mol. The monoisotopic (exact) mass is 488 g/mol. The quantitative estimate of drug-likeness (QED) is 0.314. The van der Waals surface area contributed by atoms with Gasteiger partial charge in [0.15, 0.2) is 5.82 Å². The molecule has 0 spiro atoms. The Hall–Kier alpha value is -3.56. The van der Waals surface area contributed by atoms with Gasteiger partial charge in [0.25, 0.3) is 5.56 Å². The summed E-state index contributed by atoms with van der Waals surface area (Å²) in [6.45, 7) is 7.86. The Kier molecular flexibility index (Phi) is 6.61. The van der Waals surface area contributed by atoms with E-state index in [0.717, 1.165) is 45.6 Å². The van der Waals surface area contributed by atoms with Gasteiger partial charge >= 0.3 is 0 Å². The van der Waals surface area contributed by atoms with Crippen molar-refractivity contribution in [3.05, 3.63) is 97.6 Å². The van der Waals surface area contributed by atoms with Crippen LogP contribution in [0.25, 0.3) is 10.9 Å². The molecule has 8 nitrogen and oxygen atoms in total. The zero-order valence-electron chi connectivity index (χ0n) is 20.1. The largest absolute Gasteiger partial charge is 0.467 e. The number of tetrazole rings is 1. The molecule has 1 N–H and O–H groups in total. The van der Waals surface area contributed by atoms with Crippen molar-refractivity contribution in [3.8, 4) is 0 Å². The zero-order chi connectivity index (χ0) is 24.4. The van der Waals surface area contributed by atoms with Crippen molar-refractivity contribution < 1.29 is 4.42 Å². The van der Waals surface area contributed by atoms with Crippen molar-refractivity contribution in [2.75, 3.05) is 0 Å². The number of benzene rings is 1. The lowest BCUT2D eigenvalue weighted by Gasteiger charge is -2.29. The Balaban J connectivity index is 1.52. The Labute approximate surface area is 207 Å². The lowest BCUT2D eigenvalue weighted by atomic mass is 10.0. The predicted molar refractivity (Wildman–Crippen MR) is 136 cm³/mol. The number of thiophene rings is 1. The fourth-order valence-corrected chi connectivity index (χ4v) is 5.38. The van der Waals surface area contributed by atoms with Crippen LogP contribution in [0.5, 0.6) is 0 Å². The van der Waals surface area contributed by atoms with Gasteiger partial charge in [0.2, 0.25) is 0 Å². The van der Waals surface area contributed by atoms with Gasteiger partial charge in [-0.3, -0.25) is 9.69 Å². The first-order valence-electron chi connectivity index (χ1n) is 11.7. The number of rotatable bonds is 9. The molecule has 0 aliphatic rings. The minimum absolute atomic E-state index is 0.0660. The highest BCUT2D eigenvalue weighted by atomic mass is 32.1. The van der Waals surface area contributed by atoms with E-state index in [2.05, 4.69) is 62.8 Å². The van der Waals surface area contributed by atoms with Crippen molar-refractivity contribution >= 4 is 22.2 Å². The third-order valence-corrected chi connectivity index (χ3v) is 7.13. The Morgan fingerprint density at radius 1 is 1.17 bits per heavy atom. The molecule has 1 atom stereocenters. The van der Waals surface area contributed by atoms with Crippen LogP contribution in [0.2, 0.25) is 0 Å². The highest BCUT2D eigenvalue weighted by Gasteiger charge is 2.26.